The van der Waals surface area contributed by atoms with E-state index in [2.05, 4.69) is 20.3 Å². The van der Waals surface area contributed by atoms with Crippen LogP contribution in [0.5, 0.6) is 0 Å². The molecule has 1 amide bonds. The fraction of sp³-hybridized carbons (Fsp3) is 0.682. The molecule has 1 aliphatic heterocycles. The molecule has 3 heterocycles. The molecule has 0 aromatic carbocycles. The van der Waals surface area contributed by atoms with E-state index in [4.69, 9.17) is 19.0 Å². The second kappa shape index (κ2) is 12.2. The van der Waals surface area contributed by atoms with Crippen molar-refractivity contribution in [2.45, 2.75) is 78.6 Å². The van der Waals surface area contributed by atoms with Crippen LogP contribution in [0.1, 0.15) is 54.2 Å². The molecule has 0 aliphatic carbocycles. The second-order valence-corrected chi connectivity index (χ2v) is 10.6. The summed E-state index contributed by atoms with van der Waals surface area (Å²) in [6.07, 6.45) is -2.06. The van der Waals surface area contributed by atoms with Crippen LogP contribution in [0.4, 0.5) is 10.3 Å². The molecule has 0 saturated carbocycles. The van der Waals surface area contributed by atoms with E-state index in [-0.39, 0.29) is 60.7 Å². The Morgan fingerprint density at radius 3 is 2.69 bits per heavy atom. The number of nitriles is 1. The topological polar surface area (TPSA) is 147 Å². The van der Waals surface area contributed by atoms with Gasteiger partial charge in [-0.2, -0.15) is 10.2 Å². The Morgan fingerprint density at radius 2 is 2.08 bits per heavy atom. The molecule has 36 heavy (non-hydrogen) atoms. The molecule has 1 aliphatic rings. The van der Waals surface area contributed by atoms with Crippen molar-refractivity contribution < 1.29 is 23.0 Å². The number of fused-ring (bicyclic) bond motifs is 1. The average Bonchev–Trinajstić information content (AvgIpc) is 3.37. The first-order valence-electron chi connectivity index (χ1n) is 11.8. The van der Waals surface area contributed by atoms with Gasteiger partial charge < -0.3 is 13.8 Å². The number of hydrogen-bond donors (Lipinski definition) is 2. The van der Waals surface area contributed by atoms with Crippen LogP contribution in [0, 0.1) is 17.2 Å². The highest BCUT2D eigenvalue weighted by Crippen LogP contribution is 2.50. The number of alkyl halides is 1. The zero-order valence-electron chi connectivity index (χ0n) is 21.3. The molecule has 2 aromatic rings. The monoisotopic (exact) mass is 525 g/mol. The highest BCUT2D eigenvalue weighted by atomic mass is 31.2. The summed E-state index contributed by atoms with van der Waals surface area (Å²) in [7, 11) is -1.75. The minimum atomic E-state index is -1.75. The van der Waals surface area contributed by atoms with Gasteiger partial charge in [0.15, 0.2) is 23.6 Å². The zero-order chi connectivity index (χ0) is 26.6. The first kappa shape index (κ1) is 28.1. The summed E-state index contributed by atoms with van der Waals surface area (Å²) in [5, 5.41) is 11.5. The summed E-state index contributed by atoms with van der Waals surface area (Å²) < 4.78 is 36.4. The van der Waals surface area contributed by atoms with Crippen LogP contribution in [0.2, 0.25) is 0 Å². The van der Waals surface area contributed by atoms with Gasteiger partial charge >= 0.3 is 0 Å². The van der Waals surface area contributed by atoms with Gasteiger partial charge in [0.2, 0.25) is 11.9 Å². The molecular formula is C22H33FN7O5P. The maximum Gasteiger partial charge on any atom is 0.280 e. The normalized spacial score (nSPS) is 21.1. The molecule has 3 rings (SSSR count). The van der Waals surface area contributed by atoms with Gasteiger partial charge in [-0.3, -0.25) is 24.5 Å². The van der Waals surface area contributed by atoms with Gasteiger partial charge in [-0.25, -0.2) is 14.0 Å². The van der Waals surface area contributed by atoms with E-state index in [1.54, 1.807) is 13.8 Å². The van der Waals surface area contributed by atoms with Crippen molar-refractivity contribution >= 4 is 31.5 Å². The molecular weight excluding hydrogens is 492 g/mol. The maximum atomic E-state index is 15.1. The zero-order valence-corrected chi connectivity index (χ0v) is 22.2. The molecule has 4 unspecified atom stereocenters. The number of H-pyrrole nitrogens is 1. The summed E-state index contributed by atoms with van der Waals surface area (Å²) in [5.74, 6) is -0.703. The van der Waals surface area contributed by atoms with E-state index in [0.29, 0.717) is 0 Å². The van der Waals surface area contributed by atoms with Gasteiger partial charge in [0.25, 0.3) is 14.1 Å². The van der Waals surface area contributed by atoms with Crippen LogP contribution in [-0.4, -0.2) is 67.7 Å². The van der Waals surface area contributed by atoms with Gasteiger partial charge in [0.1, 0.15) is 6.10 Å². The third kappa shape index (κ3) is 6.25. The van der Waals surface area contributed by atoms with Crippen LogP contribution in [0.3, 0.4) is 0 Å². The number of nitrogens with one attached hydrogen (secondary N) is 2. The van der Waals surface area contributed by atoms with E-state index in [1.165, 1.54) is 10.9 Å². The third-order valence-corrected chi connectivity index (χ3v) is 7.54. The Labute approximate surface area is 210 Å². The fourth-order valence-corrected chi connectivity index (χ4v) is 5.50. The number of carbonyl (C=O) groups is 1. The predicted molar refractivity (Wildman–Crippen MR) is 132 cm³/mol. The molecule has 12 nitrogen and oxygen atoms in total. The van der Waals surface area contributed by atoms with Crippen molar-refractivity contribution in [3.8, 4) is 6.07 Å². The number of imidazole rings is 1. The molecule has 198 valence electrons. The van der Waals surface area contributed by atoms with Crippen LogP contribution in [0.15, 0.2) is 11.1 Å². The summed E-state index contributed by atoms with van der Waals surface area (Å²) in [4.78, 5) is 35.6. The molecule has 1 saturated heterocycles. The molecule has 14 heteroatoms. The lowest BCUT2D eigenvalue weighted by atomic mass is 10.2. The number of aromatic amines is 1. The van der Waals surface area contributed by atoms with Crippen molar-refractivity contribution in [2.24, 2.45) is 5.92 Å². The minimum absolute atomic E-state index is 0.0146. The molecule has 1 fully saturated rings. The standard InChI is InChI=1S/C22H33FN7O5P/c1-12(2)19(31)27-22-26-18-16(20(32)28-22)25-11-29(18)21-17(15(23)10-33-21)35-36(34-9-7-8-24)30(13(3)4)14(5)6/h11-15,17,21H,7,9-10H2,1-6H3,(H2,26,27,28,31,32). The van der Waals surface area contributed by atoms with Gasteiger partial charge in [0.05, 0.1) is 32.0 Å². The lowest BCUT2D eigenvalue weighted by Crippen LogP contribution is -2.37. The van der Waals surface area contributed by atoms with E-state index in [1.807, 2.05) is 38.4 Å². The van der Waals surface area contributed by atoms with Crippen LogP contribution in [-0.2, 0) is 18.6 Å². The van der Waals surface area contributed by atoms with E-state index >= 15 is 4.39 Å². The van der Waals surface area contributed by atoms with Crippen LogP contribution < -0.4 is 10.9 Å². The number of amides is 1. The van der Waals surface area contributed by atoms with Crippen molar-refractivity contribution in [1.82, 2.24) is 24.2 Å². The lowest BCUT2D eigenvalue weighted by molar-refractivity contribution is -0.118. The Hall–Kier alpha value is -2.49. The minimum Gasteiger partial charge on any atom is -0.352 e. The molecule has 0 spiro atoms. The van der Waals surface area contributed by atoms with E-state index < -0.39 is 32.6 Å². The number of aromatic nitrogens is 4. The summed E-state index contributed by atoms with van der Waals surface area (Å²) in [6.45, 7) is 11.2. The number of ether oxygens (including phenoxy) is 1. The summed E-state index contributed by atoms with van der Waals surface area (Å²) in [5.41, 5.74) is -0.427. The number of rotatable bonds is 11. The quantitative estimate of drug-likeness (QED) is 0.333. The predicted octanol–water partition coefficient (Wildman–Crippen LogP) is 3.24. The van der Waals surface area contributed by atoms with Gasteiger partial charge in [0, 0.05) is 18.0 Å². The molecule has 0 bridgehead atoms. The number of halogens is 1. The van der Waals surface area contributed by atoms with Gasteiger partial charge in [-0.05, 0) is 27.7 Å². The van der Waals surface area contributed by atoms with Crippen LogP contribution in [0.25, 0.3) is 11.2 Å². The lowest BCUT2D eigenvalue weighted by Gasteiger charge is -2.37. The van der Waals surface area contributed by atoms with Gasteiger partial charge in [-0.1, -0.05) is 13.8 Å². The summed E-state index contributed by atoms with van der Waals surface area (Å²) in [6, 6.07) is 2.09. The number of nitrogens with zero attached hydrogens (tertiary/aromatic N) is 5. The third-order valence-electron chi connectivity index (χ3n) is 5.41. The summed E-state index contributed by atoms with van der Waals surface area (Å²) >= 11 is 0. The van der Waals surface area contributed by atoms with E-state index in [9.17, 15) is 9.59 Å². The van der Waals surface area contributed by atoms with Crippen molar-refractivity contribution in [1.29, 1.82) is 5.26 Å². The average molecular weight is 526 g/mol. The highest BCUT2D eigenvalue weighted by Gasteiger charge is 2.44. The fourth-order valence-electron chi connectivity index (χ4n) is 3.75. The first-order chi connectivity index (χ1) is 17.0. The Morgan fingerprint density at radius 1 is 1.39 bits per heavy atom. The van der Waals surface area contributed by atoms with Crippen molar-refractivity contribution in [2.75, 3.05) is 18.5 Å². The molecule has 2 N–H and O–H groups in total. The smallest absolute Gasteiger partial charge is 0.280 e. The number of hydrogen-bond acceptors (Lipinski definition) is 9. The molecule has 0 radical (unpaired) electrons. The highest BCUT2D eigenvalue weighted by molar-refractivity contribution is 7.44. The molecule has 2 aromatic heterocycles. The SMILES string of the molecule is CC(C)C(=O)Nc1nc2c(ncn2C2OCC(F)C2OP(OCCC#N)N(C(C)C)C(C)C)c(=O)[nH]1. The van der Waals surface area contributed by atoms with Crippen LogP contribution >= 0.6 is 8.53 Å². The van der Waals surface area contributed by atoms with Crippen molar-refractivity contribution in [3.63, 3.8) is 0 Å². The number of anilines is 1. The largest absolute Gasteiger partial charge is 0.352 e. The first-order valence-corrected chi connectivity index (χ1v) is 13.0. The Bertz CT molecular complexity index is 1140. The number of carbonyl (C=O) groups excluding carboxylic acids is 1. The second-order valence-electron chi connectivity index (χ2n) is 9.24. The van der Waals surface area contributed by atoms with E-state index in [0.717, 1.165) is 0 Å². The maximum absolute atomic E-state index is 15.1. The molecule has 4 atom stereocenters. The Kier molecular flexibility index (Phi) is 9.49. The Balaban J connectivity index is 1.95. The van der Waals surface area contributed by atoms with Crippen molar-refractivity contribution in [3.05, 3.63) is 16.7 Å². The van der Waals surface area contributed by atoms with Gasteiger partial charge in [-0.15, -0.1) is 0 Å².